The van der Waals surface area contributed by atoms with E-state index < -0.39 is 47.5 Å². The van der Waals surface area contributed by atoms with Crippen LogP contribution in [0.1, 0.15) is 19.8 Å². The number of nitrogens with two attached hydrogens (primary N) is 1. The average molecular weight is 333 g/mol. The van der Waals surface area contributed by atoms with Crippen LogP contribution >= 0.6 is 0 Å². The summed E-state index contributed by atoms with van der Waals surface area (Å²) < 4.78 is 5.39. The van der Waals surface area contributed by atoms with Gasteiger partial charge in [0.25, 0.3) is 17.5 Å². The van der Waals surface area contributed by atoms with Gasteiger partial charge in [0, 0.05) is 5.92 Å². The van der Waals surface area contributed by atoms with Crippen LogP contribution in [0.5, 0.6) is 0 Å². The van der Waals surface area contributed by atoms with Gasteiger partial charge in [-0.3, -0.25) is 9.59 Å². The van der Waals surface area contributed by atoms with Crippen LogP contribution in [0.15, 0.2) is 0 Å². The predicted octanol–water partition coefficient (Wildman–Crippen LogP) is -3.89. The van der Waals surface area contributed by atoms with Gasteiger partial charge in [-0.25, -0.2) is 0 Å². The summed E-state index contributed by atoms with van der Waals surface area (Å²) in [5, 5.41) is 44.4. The lowest BCUT2D eigenvalue weighted by atomic mass is 9.81. The fourth-order valence-corrected chi connectivity index (χ4v) is 2.95. The summed E-state index contributed by atoms with van der Waals surface area (Å²) in [6.07, 6.45) is -1.48. The molecule has 0 aromatic carbocycles. The zero-order valence-electron chi connectivity index (χ0n) is 12.8. The van der Waals surface area contributed by atoms with E-state index in [0.29, 0.717) is 0 Å². The number of carbonyl (C=O) groups excluding carboxylic acids is 2. The third kappa shape index (κ3) is 2.71. The molecule has 10 nitrogen and oxygen atoms in total. The maximum absolute atomic E-state index is 12.5. The standard InChI is InChI=1S/C13H23N3O7/c1-11(21,6-17)8(18)13-10(20)15-12(22,9(19)16-13)7(2-4-14)3-5-23-13/h7-8,17-18,21-22H,2-6,14H2,1H3,(H,15,20)(H,16,19)/t7-,8-,11-,12-,13+/m1/s1. The highest BCUT2D eigenvalue weighted by atomic mass is 16.5. The first-order valence-corrected chi connectivity index (χ1v) is 7.37. The van der Waals surface area contributed by atoms with E-state index in [1.165, 1.54) is 0 Å². The second-order valence-electron chi connectivity index (χ2n) is 6.24. The Bertz CT molecular complexity index is 500. The molecule has 23 heavy (non-hydrogen) atoms. The number of fused-ring (bicyclic) bond motifs is 5. The Morgan fingerprint density at radius 3 is 2.65 bits per heavy atom. The van der Waals surface area contributed by atoms with Crippen LogP contribution in [0.25, 0.3) is 0 Å². The third-order valence-electron chi connectivity index (χ3n) is 4.48. The second-order valence-corrected chi connectivity index (χ2v) is 6.24. The molecule has 10 heteroatoms. The number of amides is 2. The molecule has 132 valence electrons. The van der Waals surface area contributed by atoms with Crippen molar-refractivity contribution < 1.29 is 34.8 Å². The molecule has 2 amide bonds. The van der Waals surface area contributed by atoms with Gasteiger partial charge in [-0.1, -0.05) is 0 Å². The molecular formula is C13H23N3O7. The molecule has 3 fully saturated rings. The molecule has 3 heterocycles. The summed E-state index contributed by atoms with van der Waals surface area (Å²) in [5.41, 5.74) is -1.12. The molecule has 0 saturated carbocycles. The Kier molecular flexibility index (Phi) is 4.68. The smallest absolute Gasteiger partial charge is 0.278 e. The minimum absolute atomic E-state index is 0.0702. The van der Waals surface area contributed by atoms with Crippen LogP contribution < -0.4 is 16.4 Å². The lowest BCUT2D eigenvalue weighted by Crippen LogP contribution is -2.83. The van der Waals surface area contributed by atoms with Gasteiger partial charge in [0.2, 0.25) is 5.72 Å². The van der Waals surface area contributed by atoms with Gasteiger partial charge in [0.05, 0.1) is 13.2 Å². The molecule has 3 saturated heterocycles. The highest BCUT2D eigenvalue weighted by Gasteiger charge is 2.64. The van der Waals surface area contributed by atoms with E-state index in [-0.39, 0.29) is 26.0 Å². The molecule has 3 rings (SSSR count). The molecule has 0 unspecified atom stereocenters. The quantitative estimate of drug-likeness (QED) is 0.267. The van der Waals surface area contributed by atoms with Crippen molar-refractivity contribution in [3.8, 4) is 0 Å². The molecule has 2 bridgehead atoms. The number of ether oxygens (including phenoxy) is 1. The fraction of sp³-hybridized carbons (Fsp3) is 0.846. The molecule has 8 N–H and O–H groups in total. The van der Waals surface area contributed by atoms with Crippen LogP contribution in [-0.2, 0) is 14.3 Å². The zero-order chi connectivity index (χ0) is 17.5. The topological polar surface area (TPSA) is 174 Å². The molecule has 3 aliphatic rings. The Labute approximate surface area is 132 Å². The summed E-state index contributed by atoms with van der Waals surface area (Å²) in [6, 6.07) is 0. The minimum atomic E-state index is -2.30. The summed E-state index contributed by atoms with van der Waals surface area (Å²) in [5.74, 6) is -2.64. The highest BCUT2D eigenvalue weighted by molar-refractivity contribution is 6.01. The van der Waals surface area contributed by atoms with E-state index in [9.17, 15) is 30.0 Å². The van der Waals surface area contributed by atoms with E-state index in [4.69, 9.17) is 10.5 Å². The van der Waals surface area contributed by atoms with Gasteiger partial charge in [-0.15, -0.1) is 0 Å². The van der Waals surface area contributed by atoms with Crippen molar-refractivity contribution in [3.63, 3.8) is 0 Å². The number of piperazine rings is 1. The van der Waals surface area contributed by atoms with Crippen LogP contribution in [0.2, 0.25) is 0 Å². The molecule has 3 aliphatic heterocycles. The second kappa shape index (κ2) is 5.96. The molecular weight excluding hydrogens is 310 g/mol. The van der Waals surface area contributed by atoms with E-state index >= 15 is 0 Å². The Morgan fingerprint density at radius 1 is 1.43 bits per heavy atom. The molecule has 5 atom stereocenters. The van der Waals surface area contributed by atoms with Gasteiger partial charge in [0.15, 0.2) is 0 Å². The van der Waals surface area contributed by atoms with Gasteiger partial charge >= 0.3 is 0 Å². The first-order chi connectivity index (χ1) is 10.6. The minimum Gasteiger partial charge on any atom is -0.393 e. The van der Waals surface area contributed by atoms with E-state index in [1.54, 1.807) is 0 Å². The van der Waals surface area contributed by atoms with Crippen LogP contribution in [0, 0.1) is 5.92 Å². The number of carbonyl (C=O) groups is 2. The summed E-state index contributed by atoms with van der Waals surface area (Å²) in [7, 11) is 0. The SMILES string of the molecule is C[C@@](O)(CO)[C@@H](O)[C@@]12NC(=O)[C@@](O)(NC1=O)[C@H](CCN)CCO2. The Hall–Kier alpha value is -1.30. The summed E-state index contributed by atoms with van der Waals surface area (Å²) in [6.45, 7) is 0.344. The van der Waals surface area contributed by atoms with Gasteiger partial charge in [-0.05, 0) is 26.3 Å². The number of hydrogen-bond donors (Lipinski definition) is 7. The van der Waals surface area contributed by atoms with Crippen molar-refractivity contribution in [2.45, 2.75) is 42.9 Å². The Morgan fingerprint density at radius 2 is 2.09 bits per heavy atom. The van der Waals surface area contributed by atoms with Gasteiger partial charge < -0.3 is 41.5 Å². The largest absolute Gasteiger partial charge is 0.393 e. The molecule has 0 aromatic heterocycles. The summed E-state index contributed by atoms with van der Waals surface area (Å²) >= 11 is 0. The number of nitrogens with one attached hydrogen (secondary N) is 2. The zero-order valence-corrected chi connectivity index (χ0v) is 12.8. The maximum atomic E-state index is 12.5. The highest BCUT2D eigenvalue weighted by Crippen LogP contribution is 2.34. The molecule has 0 aliphatic carbocycles. The Balaban J connectivity index is 2.41. The van der Waals surface area contributed by atoms with E-state index in [1.807, 2.05) is 0 Å². The summed E-state index contributed by atoms with van der Waals surface area (Å²) in [4.78, 5) is 24.8. The van der Waals surface area contributed by atoms with Gasteiger partial charge in [0.1, 0.15) is 11.7 Å². The number of rotatable bonds is 5. The van der Waals surface area contributed by atoms with Crippen molar-refractivity contribution in [3.05, 3.63) is 0 Å². The first kappa shape index (κ1) is 18.0. The molecule has 0 spiro atoms. The number of aliphatic hydroxyl groups is 4. The van der Waals surface area contributed by atoms with Crippen LogP contribution in [0.3, 0.4) is 0 Å². The number of hydrogen-bond acceptors (Lipinski definition) is 8. The van der Waals surface area contributed by atoms with Crippen molar-refractivity contribution in [2.24, 2.45) is 11.7 Å². The van der Waals surface area contributed by atoms with Crippen molar-refractivity contribution in [1.29, 1.82) is 0 Å². The third-order valence-corrected chi connectivity index (χ3v) is 4.48. The number of aliphatic hydroxyl groups excluding tert-OH is 2. The van der Waals surface area contributed by atoms with E-state index in [0.717, 1.165) is 6.92 Å². The lowest BCUT2D eigenvalue weighted by Gasteiger charge is -2.51. The van der Waals surface area contributed by atoms with Gasteiger partial charge in [-0.2, -0.15) is 0 Å². The molecule has 0 radical (unpaired) electrons. The predicted molar refractivity (Wildman–Crippen MR) is 75.4 cm³/mol. The maximum Gasteiger partial charge on any atom is 0.278 e. The van der Waals surface area contributed by atoms with Crippen LogP contribution in [-0.4, -0.2) is 75.2 Å². The van der Waals surface area contributed by atoms with E-state index in [2.05, 4.69) is 10.6 Å². The van der Waals surface area contributed by atoms with Crippen LogP contribution in [0.4, 0.5) is 0 Å². The monoisotopic (exact) mass is 333 g/mol. The van der Waals surface area contributed by atoms with Crippen molar-refractivity contribution >= 4 is 11.8 Å². The first-order valence-electron chi connectivity index (χ1n) is 7.37. The molecule has 0 aromatic rings. The average Bonchev–Trinajstić information content (AvgIpc) is 2.49. The van der Waals surface area contributed by atoms with Crippen molar-refractivity contribution in [2.75, 3.05) is 19.8 Å². The lowest BCUT2D eigenvalue weighted by molar-refractivity contribution is -0.241. The fourth-order valence-electron chi connectivity index (χ4n) is 2.95. The normalized spacial score (nSPS) is 38.1. The van der Waals surface area contributed by atoms with Crippen molar-refractivity contribution in [1.82, 2.24) is 10.6 Å².